The van der Waals surface area contributed by atoms with Crippen LogP contribution < -0.4 is 5.32 Å². The third-order valence-corrected chi connectivity index (χ3v) is 2.66. The Morgan fingerprint density at radius 2 is 2.00 bits per heavy atom. The Labute approximate surface area is 105 Å². The SMILES string of the molecule is O=C(CCc1ccc[nH]1)Nc1ccc(Cl)cc1. The quantitative estimate of drug-likeness (QED) is 0.857. The molecule has 2 aromatic rings. The first-order valence-corrected chi connectivity index (χ1v) is 5.79. The van der Waals surface area contributed by atoms with Crippen molar-refractivity contribution in [3.05, 3.63) is 53.3 Å². The number of halogens is 1. The highest BCUT2D eigenvalue weighted by Gasteiger charge is 2.03. The lowest BCUT2D eigenvalue weighted by atomic mass is 10.2. The molecule has 17 heavy (non-hydrogen) atoms. The van der Waals surface area contributed by atoms with Gasteiger partial charge in [0, 0.05) is 29.0 Å². The van der Waals surface area contributed by atoms with Crippen LogP contribution in [-0.4, -0.2) is 10.9 Å². The Kier molecular flexibility index (Phi) is 3.83. The summed E-state index contributed by atoms with van der Waals surface area (Å²) in [6.45, 7) is 0. The van der Waals surface area contributed by atoms with Gasteiger partial charge in [-0.3, -0.25) is 4.79 Å². The maximum Gasteiger partial charge on any atom is 0.224 e. The monoisotopic (exact) mass is 248 g/mol. The molecule has 4 heteroatoms. The minimum atomic E-state index is 0.00178. The van der Waals surface area contributed by atoms with Gasteiger partial charge in [0.25, 0.3) is 0 Å². The van der Waals surface area contributed by atoms with Gasteiger partial charge in [-0.25, -0.2) is 0 Å². The smallest absolute Gasteiger partial charge is 0.224 e. The van der Waals surface area contributed by atoms with Gasteiger partial charge in [0.2, 0.25) is 5.91 Å². The number of aryl methyl sites for hydroxylation is 1. The lowest BCUT2D eigenvalue weighted by Gasteiger charge is -2.04. The van der Waals surface area contributed by atoms with E-state index in [1.807, 2.05) is 18.3 Å². The molecule has 2 rings (SSSR count). The lowest BCUT2D eigenvalue weighted by Crippen LogP contribution is -2.12. The summed E-state index contributed by atoms with van der Waals surface area (Å²) in [5.41, 5.74) is 1.84. The molecule has 0 bridgehead atoms. The predicted molar refractivity (Wildman–Crippen MR) is 69.2 cm³/mol. The number of carbonyl (C=O) groups is 1. The van der Waals surface area contributed by atoms with Crippen molar-refractivity contribution >= 4 is 23.2 Å². The maximum absolute atomic E-state index is 11.6. The summed E-state index contributed by atoms with van der Waals surface area (Å²) in [7, 11) is 0. The maximum atomic E-state index is 11.6. The van der Waals surface area contributed by atoms with E-state index in [1.54, 1.807) is 24.3 Å². The second kappa shape index (κ2) is 5.55. The van der Waals surface area contributed by atoms with Crippen LogP contribution in [0.25, 0.3) is 0 Å². The molecule has 0 aliphatic heterocycles. The van der Waals surface area contributed by atoms with Crippen molar-refractivity contribution in [2.24, 2.45) is 0 Å². The topological polar surface area (TPSA) is 44.9 Å². The fraction of sp³-hybridized carbons (Fsp3) is 0.154. The summed E-state index contributed by atoms with van der Waals surface area (Å²) >= 11 is 5.76. The molecule has 1 aromatic carbocycles. The van der Waals surface area contributed by atoms with Crippen molar-refractivity contribution in [1.29, 1.82) is 0 Å². The summed E-state index contributed by atoms with van der Waals surface area (Å²) in [4.78, 5) is 14.7. The highest BCUT2D eigenvalue weighted by atomic mass is 35.5. The van der Waals surface area contributed by atoms with Gasteiger partial charge in [0.05, 0.1) is 0 Å². The molecule has 0 saturated heterocycles. The number of aromatic nitrogens is 1. The van der Waals surface area contributed by atoms with E-state index in [2.05, 4.69) is 10.3 Å². The third kappa shape index (κ3) is 3.64. The molecule has 0 saturated carbocycles. The molecule has 0 aliphatic rings. The zero-order chi connectivity index (χ0) is 12.1. The zero-order valence-electron chi connectivity index (χ0n) is 9.24. The Morgan fingerprint density at radius 1 is 1.24 bits per heavy atom. The van der Waals surface area contributed by atoms with Crippen LogP contribution in [0.1, 0.15) is 12.1 Å². The molecule has 3 nitrogen and oxygen atoms in total. The summed E-state index contributed by atoms with van der Waals surface area (Å²) in [5, 5.41) is 3.48. The number of nitrogens with one attached hydrogen (secondary N) is 2. The molecule has 1 amide bonds. The number of carbonyl (C=O) groups excluding carboxylic acids is 1. The minimum absolute atomic E-state index is 0.00178. The Balaban J connectivity index is 1.83. The number of hydrogen-bond acceptors (Lipinski definition) is 1. The van der Waals surface area contributed by atoms with Crippen molar-refractivity contribution in [3.8, 4) is 0 Å². The van der Waals surface area contributed by atoms with Crippen molar-refractivity contribution in [2.75, 3.05) is 5.32 Å². The molecule has 88 valence electrons. The van der Waals surface area contributed by atoms with E-state index in [0.29, 0.717) is 17.9 Å². The van der Waals surface area contributed by atoms with E-state index in [1.165, 1.54) is 0 Å². The molecule has 0 radical (unpaired) electrons. The highest BCUT2D eigenvalue weighted by molar-refractivity contribution is 6.30. The second-order valence-electron chi connectivity index (χ2n) is 3.75. The van der Waals surface area contributed by atoms with Gasteiger partial charge in [-0.05, 0) is 42.8 Å². The Morgan fingerprint density at radius 3 is 2.65 bits per heavy atom. The van der Waals surface area contributed by atoms with Gasteiger partial charge in [-0.15, -0.1) is 0 Å². The normalized spacial score (nSPS) is 10.2. The summed E-state index contributed by atoms with van der Waals surface area (Å²) < 4.78 is 0. The number of anilines is 1. The third-order valence-electron chi connectivity index (χ3n) is 2.41. The molecule has 0 atom stereocenters. The van der Waals surface area contributed by atoms with Crippen LogP contribution in [0.15, 0.2) is 42.6 Å². The van der Waals surface area contributed by atoms with E-state index in [4.69, 9.17) is 11.6 Å². The van der Waals surface area contributed by atoms with Gasteiger partial charge in [0.15, 0.2) is 0 Å². The summed E-state index contributed by atoms with van der Waals surface area (Å²) in [6, 6.07) is 11.0. The van der Waals surface area contributed by atoms with E-state index in [9.17, 15) is 4.79 Å². The van der Waals surface area contributed by atoms with Crippen LogP contribution >= 0.6 is 11.6 Å². The molecule has 0 unspecified atom stereocenters. The summed E-state index contributed by atoms with van der Waals surface area (Å²) in [5.74, 6) is 0.00178. The second-order valence-corrected chi connectivity index (χ2v) is 4.19. The molecular weight excluding hydrogens is 236 g/mol. The molecule has 0 aliphatic carbocycles. The van der Waals surface area contributed by atoms with E-state index in [0.717, 1.165) is 11.4 Å². The fourth-order valence-electron chi connectivity index (χ4n) is 1.53. The van der Waals surface area contributed by atoms with Crippen molar-refractivity contribution in [3.63, 3.8) is 0 Å². The van der Waals surface area contributed by atoms with E-state index in [-0.39, 0.29) is 5.91 Å². The van der Waals surface area contributed by atoms with Gasteiger partial charge >= 0.3 is 0 Å². The molecular formula is C13H13ClN2O. The van der Waals surface area contributed by atoms with Crippen LogP contribution in [0.4, 0.5) is 5.69 Å². The van der Waals surface area contributed by atoms with Crippen molar-refractivity contribution in [2.45, 2.75) is 12.8 Å². The predicted octanol–water partition coefficient (Wildman–Crippen LogP) is 3.24. The van der Waals surface area contributed by atoms with Crippen LogP contribution in [-0.2, 0) is 11.2 Å². The highest BCUT2D eigenvalue weighted by Crippen LogP contribution is 2.13. The minimum Gasteiger partial charge on any atom is -0.365 e. The lowest BCUT2D eigenvalue weighted by molar-refractivity contribution is -0.116. The number of hydrogen-bond donors (Lipinski definition) is 2. The average Bonchev–Trinajstić information content (AvgIpc) is 2.83. The van der Waals surface area contributed by atoms with Crippen LogP contribution in [0.2, 0.25) is 5.02 Å². The average molecular weight is 249 g/mol. The number of rotatable bonds is 4. The largest absolute Gasteiger partial charge is 0.365 e. The first-order chi connectivity index (χ1) is 8.24. The standard InChI is InChI=1S/C13H13ClN2O/c14-10-3-5-12(6-4-10)16-13(17)8-7-11-2-1-9-15-11/h1-6,9,15H,7-8H2,(H,16,17). The van der Waals surface area contributed by atoms with Crippen LogP contribution in [0, 0.1) is 0 Å². The first kappa shape index (κ1) is 11.7. The molecule has 1 heterocycles. The van der Waals surface area contributed by atoms with Gasteiger partial charge < -0.3 is 10.3 Å². The zero-order valence-corrected chi connectivity index (χ0v) is 10.00. The van der Waals surface area contributed by atoms with Gasteiger partial charge in [-0.2, -0.15) is 0 Å². The molecule has 0 fully saturated rings. The molecule has 2 N–H and O–H groups in total. The van der Waals surface area contributed by atoms with Gasteiger partial charge in [-0.1, -0.05) is 11.6 Å². The molecule has 1 aromatic heterocycles. The van der Waals surface area contributed by atoms with E-state index >= 15 is 0 Å². The number of amides is 1. The first-order valence-electron chi connectivity index (χ1n) is 5.42. The Bertz CT molecular complexity index is 477. The molecule has 0 spiro atoms. The van der Waals surface area contributed by atoms with Gasteiger partial charge in [0.1, 0.15) is 0 Å². The number of benzene rings is 1. The van der Waals surface area contributed by atoms with Crippen LogP contribution in [0.3, 0.4) is 0 Å². The van der Waals surface area contributed by atoms with Crippen molar-refractivity contribution < 1.29 is 4.79 Å². The summed E-state index contributed by atoms with van der Waals surface area (Å²) in [6.07, 6.45) is 3.03. The number of H-pyrrole nitrogens is 1. The Hall–Kier alpha value is -1.74. The van der Waals surface area contributed by atoms with E-state index < -0.39 is 0 Å². The van der Waals surface area contributed by atoms with Crippen molar-refractivity contribution in [1.82, 2.24) is 4.98 Å². The number of aromatic amines is 1. The van der Waals surface area contributed by atoms with Crippen LogP contribution in [0.5, 0.6) is 0 Å². The fourth-order valence-corrected chi connectivity index (χ4v) is 1.65.